The SMILES string of the molecule is CC(C)C1CC(Nc2ccc3c(c2)CCO3)CCO1. The van der Waals surface area contributed by atoms with E-state index in [0.717, 1.165) is 38.2 Å². The van der Waals surface area contributed by atoms with Crippen LogP contribution in [0.4, 0.5) is 5.69 Å². The van der Waals surface area contributed by atoms with Crippen LogP contribution in [-0.4, -0.2) is 25.4 Å². The molecule has 0 amide bonds. The molecule has 2 aliphatic heterocycles. The lowest BCUT2D eigenvalue weighted by molar-refractivity contribution is -0.0160. The summed E-state index contributed by atoms with van der Waals surface area (Å²) in [5.41, 5.74) is 2.55. The molecule has 0 radical (unpaired) electrons. The Kier molecular flexibility index (Phi) is 3.65. The van der Waals surface area contributed by atoms with E-state index in [4.69, 9.17) is 9.47 Å². The molecule has 0 aliphatic carbocycles. The Morgan fingerprint density at radius 3 is 3.00 bits per heavy atom. The molecule has 0 aromatic heterocycles. The fourth-order valence-corrected chi connectivity index (χ4v) is 2.94. The predicted molar refractivity (Wildman–Crippen MR) is 76.9 cm³/mol. The van der Waals surface area contributed by atoms with E-state index in [1.165, 1.54) is 11.3 Å². The van der Waals surface area contributed by atoms with E-state index in [9.17, 15) is 0 Å². The standard InChI is InChI=1S/C16H23NO2/c1-11(2)16-10-14(6-8-19-16)17-13-3-4-15-12(9-13)5-7-18-15/h3-4,9,11,14,16-17H,5-8,10H2,1-2H3. The van der Waals surface area contributed by atoms with E-state index in [-0.39, 0.29) is 0 Å². The third-order valence-electron chi connectivity index (χ3n) is 4.12. The van der Waals surface area contributed by atoms with Crippen molar-refractivity contribution in [3.05, 3.63) is 23.8 Å². The molecular weight excluding hydrogens is 238 g/mol. The molecule has 0 bridgehead atoms. The van der Waals surface area contributed by atoms with Crippen LogP contribution in [0.25, 0.3) is 0 Å². The molecule has 3 nitrogen and oxygen atoms in total. The predicted octanol–water partition coefficient (Wildman–Crippen LogP) is 3.24. The maximum absolute atomic E-state index is 5.82. The average Bonchev–Trinajstić information content (AvgIpc) is 2.86. The highest BCUT2D eigenvalue weighted by atomic mass is 16.5. The van der Waals surface area contributed by atoms with Crippen molar-refractivity contribution in [1.29, 1.82) is 0 Å². The lowest BCUT2D eigenvalue weighted by Crippen LogP contribution is -2.36. The van der Waals surface area contributed by atoms with Gasteiger partial charge in [-0.05, 0) is 42.5 Å². The molecule has 0 saturated carbocycles. The molecule has 1 aromatic carbocycles. The first kappa shape index (κ1) is 12.8. The lowest BCUT2D eigenvalue weighted by atomic mass is 9.95. The van der Waals surface area contributed by atoms with Crippen molar-refractivity contribution in [2.45, 2.75) is 45.3 Å². The molecule has 2 aliphatic rings. The monoisotopic (exact) mass is 261 g/mol. The van der Waals surface area contributed by atoms with Crippen LogP contribution in [0.1, 0.15) is 32.3 Å². The van der Waals surface area contributed by atoms with Gasteiger partial charge in [-0.25, -0.2) is 0 Å². The van der Waals surface area contributed by atoms with Gasteiger partial charge in [-0.3, -0.25) is 0 Å². The highest BCUT2D eigenvalue weighted by Crippen LogP contribution is 2.29. The number of ether oxygens (including phenoxy) is 2. The van der Waals surface area contributed by atoms with E-state index in [1.54, 1.807) is 0 Å². The van der Waals surface area contributed by atoms with E-state index in [0.29, 0.717) is 18.1 Å². The zero-order chi connectivity index (χ0) is 13.2. The molecule has 1 aromatic rings. The normalized spacial score (nSPS) is 26.1. The van der Waals surface area contributed by atoms with Gasteiger partial charge in [0.25, 0.3) is 0 Å². The van der Waals surface area contributed by atoms with Crippen LogP contribution >= 0.6 is 0 Å². The minimum Gasteiger partial charge on any atom is -0.493 e. The molecule has 19 heavy (non-hydrogen) atoms. The number of benzene rings is 1. The Labute approximate surface area is 115 Å². The van der Waals surface area contributed by atoms with E-state index in [2.05, 4.69) is 37.4 Å². The van der Waals surface area contributed by atoms with Crippen LogP contribution in [-0.2, 0) is 11.2 Å². The molecule has 104 valence electrons. The molecule has 2 unspecified atom stereocenters. The fraction of sp³-hybridized carbons (Fsp3) is 0.625. The van der Waals surface area contributed by atoms with Crippen molar-refractivity contribution in [1.82, 2.24) is 0 Å². The summed E-state index contributed by atoms with van der Waals surface area (Å²) in [6.07, 6.45) is 3.62. The van der Waals surface area contributed by atoms with Crippen LogP contribution in [0.5, 0.6) is 5.75 Å². The summed E-state index contributed by atoms with van der Waals surface area (Å²) in [6, 6.07) is 6.98. The Balaban J connectivity index is 1.64. The van der Waals surface area contributed by atoms with Gasteiger partial charge in [-0.1, -0.05) is 13.8 Å². The molecular formula is C16H23NO2. The summed E-state index contributed by atoms with van der Waals surface area (Å²) in [6.45, 7) is 6.17. The van der Waals surface area contributed by atoms with Gasteiger partial charge in [-0.2, -0.15) is 0 Å². The van der Waals surface area contributed by atoms with Crippen molar-refractivity contribution in [3.8, 4) is 5.75 Å². The minimum atomic E-state index is 0.393. The highest BCUT2D eigenvalue weighted by Gasteiger charge is 2.25. The van der Waals surface area contributed by atoms with Crippen LogP contribution in [0.2, 0.25) is 0 Å². The Morgan fingerprint density at radius 1 is 1.26 bits per heavy atom. The summed E-state index contributed by atoms with van der Waals surface area (Å²) < 4.78 is 11.4. The van der Waals surface area contributed by atoms with Crippen molar-refractivity contribution in [2.75, 3.05) is 18.5 Å². The van der Waals surface area contributed by atoms with Gasteiger partial charge in [0, 0.05) is 24.8 Å². The lowest BCUT2D eigenvalue weighted by Gasteiger charge is -2.33. The summed E-state index contributed by atoms with van der Waals surface area (Å²) >= 11 is 0. The average molecular weight is 261 g/mol. The van der Waals surface area contributed by atoms with Gasteiger partial charge in [0.15, 0.2) is 0 Å². The van der Waals surface area contributed by atoms with Crippen LogP contribution in [0.3, 0.4) is 0 Å². The van der Waals surface area contributed by atoms with Crippen LogP contribution < -0.4 is 10.1 Å². The van der Waals surface area contributed by atoms with Gasteiger partial charge in [0.1, 0.15) is 5.75 Å². The summed E-state index contributed by atoms with van der Waals surface area (Å²) in [4.78, 5) is 0. The van der Waals surface area contributed by atoms with Gasteiger partial charge < -0.3 is 14.8 Å². The quantitative estimate of drug-likeness (QED) is 0.906. The molecule has 2 heterocycles. The van der Waals surface area contributed by atoms with Gasteiger partial charge >= 0.3 is 0 Å². The summed E-state index contributed by atoms with van der Waals surface area (Å²) in [5.74, 6) is 1.65. The molecule has 3 heteroatoms. The number of rotatable bonds is 3. The number of hydrogen-bond donors (Lipinski definition) is 1. The number of anilines is 1. The smallest absolute Gasteiger partial charge is 0.122 e. The van der Waals surface area contributed by atoms with Crippen LogP contribution in [0.15, 0.2) is 18.2 Å². The zero-order valence-electron chi connectivity index (χ0n) is 11.8. The largest absolute Gasteiger partial charge is 0.493 e. The van der Waals surface area contributed by atoms with Crippen LogP contribution in [0, 0.1) is 5.92 Å². The Bertz CT molecular complexity index is 444. The number of fused-ring (bicyclic) bond motifs is 1. The molecule has 1 fully saturated rings. The highest BCUT2D eigenvalue weighted by molar-refractivity contribution is 5.53. The second-order valence-corrected chi connectivity index (χ2v) is 5.94. The first-order valence-corrected chi connectivity index (χ1v) is 7.36. The third-order valence-corrected chi connectivity index (χ3v) is 4.12. The second-order valence-electron chi connectivity index (χ2n) is 5.94. The van der Waals surface area contributed by atoms with Crippen molar-refractivity contribution in [3.63, 3.8) is 0 Å². The van der Waals surface area contributed by atoms with Crippen molar-refractivity contribution >= 4 is 5.69 Å². The zero-order valence-corrected chi connectivity index (χ0v) is 11.8. The third kappa shape index (κ3) is 2.86. The minimum absolute atomic E-state index is 0.393. The first-order chi connectivity index (χ1) is 9.22. The molecule has 3 rings (SSSR count). The second kappa shape index (κ2) is 5.41. The number of hydrogen-bond acceptors (Lipinski definition) is 3. The number of nitrogens with one attached hydrogen (secondary N) is 1. The van der Waals surface area contributed by atoms with E-state index in [1.807, 2.05) is 0 Å². The molecule has 1 N–H and O–H groups in total. The maximum Gasteiger partial charge on any atom is 0.122 e. The Hall–Kier alpha value is -1.22. The first-order valence-electron chi connectivity index (χ1n) is 7.36. The summed E-state index contributed by atoms with van der Waals surface area (Å²) in [5, 5.41) is 3.66. The van der Waals surface area contributed by atoms with E-state index >= 15 is 0 Å². The Morgan fingerprint density at radius 2 is 2.16 bits per heavy atom. The van der Waals surface area contributed by atoms with Gasteiger partial charge in [0.05, 0.1) is 12.7 Å². The molecule has 0 spiro atoms. The van der Waals surface area contributed by atoms with Crippen molar-refractivity contribution in [2.24, 2.45) is 5.92 Å². The topological polar surface area (TPSA) is 30.5 Å². The van der Waals surface area contributed by atoms with Gasteiger partial charge in [-0.15, -0.1) is 0 Å². The fourth-order valence-electron chi connectivity index (χ4n) is 2.94. The molecule has 1 saturated heterocycles. The van der Waals surface area contributed by atoms with E-state index < -0.39 is 0 Å². The maximum atomic E-state index is 5.82. The molecule has 2 atom stereocenters. The summed E-state index contributed by atoms with van der Waals surface area (Å²) in [7, 11) is 0. The van der Waals surface area contributed by atoms with Gasteiger partial charge in [0.2, 0.25) is 0 Å². The van der Waals surface area contributed by atoms with Crippen molar-refractivity contribution < 1.29 is 9.47 Å².